The van der Waals surface area contributed by atoms with Crippen molar-refractivity contribution in [3.63, 3.8) is 0 Å². The monoisotopic (exact) mass is 333 g/mol. The zero-order chi connectivity index (χ0) is 17.5. The van der Waals surface area contributed by atoms with E-state index in [0.29, 0.717) is 31.5 Å². The van der Waals surface area contributed by atoms with Gasteiger partial charge in [-0.2, -0.15) is 5.10 Å². The van der Waals surface area contributed by atoms with Gasteiger partial charge in [-0.1, -0.05) is 0 Å². The first-order chi connectivity index (χ1) is 11.4. The number of carbonyl (C=O) groups is 2. The Kier molecular flexibility index (Phi) is 4.38. The molecule has 0 unspecified atom stereocenters. The Labute approximate surface area is 143 Å². The molecule has 1 aromatic rings. The molecule has 0 radical (unpaired) electrons. The Hall–Kier alpha value is -1.89. The van der Waals surface area contributed by atoms with Gasteiger partial charge in [-0.3, -0.25) is 19.2 Å². The molecule has 2 aliphatic heterocycles. The molecule has 1 aromatic heterocycles. The van der Waals surface area contributed by atoms with Crippen LogP contribution in [0, 0.1) is 13.8 Å². The number of likely N-dealkylation sites (tertiary alicyclic amines) is 1. The molecule has 2 amide bonds. The van der Waals surface area contributed by atoms with E-state index < -0.39 is 5.54 Å². The van der Waals surface area contributed by atoms with E-state index in [-0.39, 0.29) is 11.8 Å². The minimum absolute atomic E-state index is 0.0321. The van der Waals surface area contributed by atoms with Crippen LogP contribution < -0.4 is 5.32 Å². The molecular weight excluding hydrogens is 306 g/mol. The van der Waals surface area contributed by atoms with Gasteiger partial charge in [-0.15, -0.1) is 0 Å². The number of nitrogens with one attached hydrogen (secondary N) is 1. The molecule has 7 nitrogen and oxygen atoms in total. The van der Waals surface area contributed by atoms with Crippen LogP contribution in [0.3, 0.4) is 0 Å². The van der Waals surface area contributed by atoms with Crippen LogP contribution in [0.4, 0.5) is 0 Å². The molecule has 7 heteroatoms. The van der Waals surface area contributed by atoms with Gasteiger partial charge in [0.15, 0.2) is 0 Å². The van der Waals surface area contributed by atoms with Gasteiger partial charge in [-0.05, 0) is 40.2 Å². The molecule has 1 spiro atoms. The van der Waals surface area contributed by atoms with E-state index in [1.807, 2.05) is 32.8 Å². The molecule has 1 N–H and O–H groups in total. The van der Waals surface area contributed by atoms with Crippen LogP contribution in [0.15, 0.2) is 0 Å². The number of hydrogen-bond donors (Lipinski definition) is 1. The van der Waals surface area contributed by atoms with Crippen LogP contribution in [0.1, 0.15) is 41.0 Å². The third-order valence-electron chi connectivity index (χ3n) is 5.71. The number of piperidine rings is 1. The second-order valence-electron chi connectivity index (χ2n) is 7.02. The van der Waals surface area contributed by atoms with Crippen molar-refractivity contribution in [1.29, 1.82) is 0 Å². The molecule has 0 aromatic carbocycles. The van der Waals surface area contributed by atoms with Gasteiger partial charge < -0.3 is 10.2 Å². The fourth-order valence-electron chi connectivity index (χ4n) is 4.00. The summed E-state index contributed by atoms with van der Waals surface area (Å²) in [7, 11) is 3.88. The van der Waals surface area contributed by atoms with Crippen molar-refractivity contribution >= 4 is 11.8 Å². The number of carbonyl (C=O) groups excluding carboxylic acids is 2. The van der Waals surface area contributed by atoms with Gasteiger partial charge in [0, 0.05) is 38.9 Å². The highest BCUT2D eigenvalue weighted by atomic mass is 16.2. The normalized spacial score (nSPS) is 21.7. The Morgan fingerprint density at radius 3 is 2.42 bits per heavy atom. The largest absolute Gasteiger partial charge is 0.354 e. The summed E-state index contributed by atoms with van der Waals surface area (Å²) in [6.45, 7) is 6.65. The molecule has 2 saturated heterocycles. The Bertz CT molecular complexity index is 658. The summed E-state index contributed by atoms with van der Waals surface area (Å²) in [5.41, 5.74) is 1.89. The molecule has 24 heavy (non-hydrogen) atoms. The number of likely N-dealkylation sites (N-methyl/N-ethyl adjacent to an activating group) is 1. The molecule has 2 aliphatic rings. The highest BCUT2D eigenvalue weighted by molar-refractivity contribution is 5.97. The number of amides is 2. The van der Waals surface area contributed by atoms with E-state index in [2.05, 4.69) is 15.3 Å². The van der Waals surface area contributed by atoms with E-state index >= 15 is 0 Å². The quantitative estimate of drug-likeness (QED) is 0.811. The smallest absolute Gasteiger partial charge is 0.257 e. The predicted molar refractivity (Wildman–Crippen MR) is 90.8 cm³/mol. The number of aryl methyl sites for hydroxylation is 2. The zero-order valence-electron chi connectivity index (χ0n) is 15.1. The van der Waals surface area contributed by atoms with Crippen molar-refractivity contribution in [2.45, 2.75) is 38.6 Å². The highest BCUT2D eigenvalue weighted by Crippen LogP contribution is 2.31. The Morgan fingerprint density at radius 1 is 1.17 bits per heavy atom. The second-order valence-corrected chi connectivity index (χ2v) is 7.02. The average Bonchev–Trinajstić information content (AvgIpc) is 2.74. The molecule has 3 heterocycles. The maximum Gasteiger partial charge on any atom is 0.257 e. The van der Waals surface area contributed by atoms with Crippen molar-refractivity contribution < 1.29 is 9.59 Å². The van der Waals surface area contributed by atoms with Crippen LogP contribution in [0.5, 0.6) is 0 Å². The Morgan fingerprint density at radius 2 is 1.83 bits per heavy atom. The molecule has 3 rings (SSSR count). The maximum absolute atomic E-state index is 12.9. The molecule has 0 atom stereocenters. The first kappa shape index (κ1) is 17.0. The lowest BCUT2D eigenvalue weighted by atomic mass is 9.84. The fraction of sp³-hybridized carbons (Fsp3) is 0.706. The minimum atomic E-state index is -0.466. The lowest BCUT2D eigenvalue weighted by Gasteiger charge is -2.44. The van der Waals surface area contributed by atoms with Crippen molar-refractivity contribution in [2.24, 2.45) is 7.05 Å². The third-order valence-corrected chi connectivity index (χ3v) is 5.71. The van der Waals surface area contributed by atoms with Gasteiger partial charge >= 0.3 is 0 Å². The summed E-state index contributed by atoms with van der Waals surface area (Å²) >= 11 is 0. The van der Waals surface area contributed by atoms with E-state index in [0.717, 1.165) is 30.9 Å². The van der Waals surface area contributed by atoms with Crippen LogP contribution in [-0.2, 0) is 11.8 Å². The molecule has 2 fully saturated rings. The lowest BCUT2D eigenvalue weighted by Crippen LogP contribution is -2.61. The second kappa shape index (κ2) is 6.20. The van der Waals surface area contributed by atoms with Crippen LogP contribution in [-0.4, -0.2) is 70.2 Å². The van der Waals surface area contributed by atoms with Gasteiger partial charge in [0.05, 0.1) is 11.3 Å². The minimum Gasteiger partial charge on any atom is -0.354 e. The first-order valence-electron chi connectivity index (χ1n) is 8.66. The fourth-order valence-corrected chi connectivity index (χ4v) is 4.00. The standard InChI is InChI=1S/C17H27N5O2/c1-12-14(13(2)21(4)19-12)15(23)22-10-6-17(7-11-22)16(24)18-8-5-9-20(17)3/h5-11H2,1-4H3,(H,18,24). The van der Waals surface area contributed by atoms with Crippen molar-refractivity contribution in [3.05, 3.63) is 17.0 Å². The molecule has 132 valence electrons. The summed E-state index contributed by atoms with van der Waals surface area (Å²) in [5, 5.41) is 7.38. The van der Waals surface area contributed by atoms with E-state index in [1.54, 1.807) is 4.68 Å². The first-order valence-corrected chi connectivity index (χ1v) is 8.66. The summed E-state index contributed by atoms with van der Waals surface area (Å²) in [5.74, 6) is 0.146. The highest BCUT2D eigenvalue weighted by Gasteiger charge is 2.46. The average molecular weight is 333 g/mol. The molecule has 0 saturated carbocycles. The van der Waals surface area contributed by atoms with Gasteiger partial charge in [0.25, 0.3) is 5.91 Å². The third kappa shape index (κ3) is 2.60. The van der Waals surface area contributed by atoms with Crippen molar-refractivity contribution in [2.75, 3.05) is 33.2 Å². The van der Waals surface area contributed by atoms with Crippen molar-refractivity contribution in [1.82, 2.24) is 24.9 Å². The van der Waals surface area contributed by atoms with Crippen LogP contribution in [0.25, 0.3) is 0 Å². The predicted octanol–water partition coefficient (Wildman–Crippen LogP) is 0.463. The van der Waals surface area contributed by atoms with Gasteiger partial charge in [-0.25, -0.2) is 0 Å². The summed E-state index contributed by atoms with van der Waals surface area (Å²) in [4.78, 5) is 29.6. The number of rotatable bonds is 1. The van der Waals surface area contributed by atoms with Gasteiger partial charge in [0.2, 0.25) is 5.91 Å². The SMILES string of the molecule is Cc1nn(C)c(C)c1C(=O)N1CCC2(CC1)C(=O)NCCCN2C. The Balaban J connectivity index is 1.77. The summed E-state index contributed by atoms with van der Waals surface area (Å²) in [6, 6.07) is 0. The van der Waals surface area contributed by atoms with Crippen LogP contribution in [0.2, 0.25) is 0 Å². The summed E-state index contributed by atoms with van der Waals surface area (Å²) < 4.78 is 1.75. The topological polar surface area (TPSA) is 70.5 Å². The molecular formula is C17H27N5O2. The van der Waals surface area contributed by atoms with Gasteiger partial charge in [0.1, 0.15) is 5.54 Å². The van der Waals surface area contributed by atoms with E-state index in [1.165, 1.54) is 0 Å². The zero-order valence-corrected chi connectivity index (χ0v) is 15.1. The van der Waals surface area contributed by atoms with E-state index in [4.69, 9.17) is 0 Å². The molecule has 0 aliphatic carbocycles. The summed E-state index contributed by atoms with van der Waals surface area (Å²) in [6.07, 6.45) is 2.33. The van der Waals surface area contributed by atoms with Crippen LogP contribution >= 0.6 is 0 Å². The number of aromatic nitrogens is 2. The van der Waals surface area contributed by atoms with E-state index in [9.17, 15) is 9.59 Å². The number of hydrogen-bond acceptors (Lipinski definition) is 4. The van der Waals surface area contributed by atoms with Crippen molar-refractivity contribution in [3.8, 4) is 0 Å². The maximum atomic E-state index is 12.9. The number of nitrogens with zero attached hydrogens (tertiary/aromatic N) is 4. The molecule has 0 bridgehead atoms. The lowest BCUT2D eigenvalue weighted by molar-refractivity contribution is -0.134.